The summed E-state index contributed by atoms with van der Waals surface area (Å²) in [5.74, 6) is -2.71. The van der Waals surface area contributed by atoms with Gasteiger partial charge in [-0.3, -0.25) is 4.79 Å². The van der Waals surface area contributed by atoms with E-state index in [-0.39, 0.29) is 18.1 Å². The number of hydrogen-bond acceptors (Lipinski definition) is 1. The van der Waals surface area contributed by atoms with Crippen molar-refractivity contribution in [2.45, 2.75) is 45.7 Å². The second kappa shape index (κ2) is 4.54. The second-order valence-electron chi connectivity index (χ2n) is 4.60. The van der Waals surface area contributed by atoms with Crippen LogP contribution < -0.4 is 0 Å². The zero-order valence-electron chi connectivity index (χ0n) is 9.10. The van der Waals surface area contributed by atoms with E-state index in [9.17, 15) is 18.0 Å². The monoisotopic (exact) mass is 222 g/mol. The van der Waals surface area contributed by atoms with Crippen molar-refractivity contribution in [2.75, 3.05) is 0 Å². The maximum Gasteiger partial charge on any atom is 0.392 e. The normalized spacial score (nSPS) is 28.1. The van der Waals surface area contributed by atoms with E-state index in [0.717, 1.165) is 6.42 Å². The lowest BCUT2D eigenvalue weighted by molar-refractivity contribution is -0.198. The number of halogens is 3. The fourth-order valence-electron chi connectivity index (χ4n) is 2.29. The van der Waals surface area contributed by atoms with Crippen molar-refractivity contribution >= 4 is 5.78 Å². The van der Waals surface area contributed by atoms with Gasteiger partial charge in [0.2, 0.25) is 0 Å². The third-order valence-electron chi connectivity index (χ3n) is 3.12. The molecule has 0 spiro atoms. The van der Waals surface area contributed by atoms with Crippen LogP contribution in [-0.4, -0.2) is 12.0 Å². The SMILES string of the molecule is CC(C)C(=O)C1CCCCC1C(F)(F)F. The molecule has 0 N–H and O–H groups in total. The van der Waals surface area contributed by atoms with Crippen LogP contribution in [0.25, 0.3) is 0 Å². The van der Waals surface area contributed by atoms with Gasteiger partial charge in [-0.2, -0.15) is 13.2 Å². The summed E-state index contributed by atoms with van der Waals surface area (Å²) >= 11 is 0. The quantitative estimate of drug-likeness (QED) is 0.698. The predicted molar refractivity (Wildman–Crippen MR) is 51.3 cm³/mol. The predicted octanol–water partition coefficient (Wildman–Crippen LogP) is 3.58. The van der Waals surface area contributed by atoms with Crippen LogP contribution in [0.4, 0.5) is 13.2 Å². The zero-order chi connectivity index (χ0) is 11.6. The lowest BCUT2D eigenvalue weighted by Gasteiger charge is -2.32. The minimum Gasteiger partial charge on any atom is -0.299 e. The topological polar surface area (TPSA) is 17.1 Å². The molecule has 1 aliphatic rings. The maximum atomic E-state index is 12.7. The number of rotatable bonds is 2. The Balaban J connectivity index is 2.79. The molecule has 2 unspecified atom stereocenters. The molecule has 1 saturated carbocycles. The molecule has 0 saturated heterocycles. The summed E-state index contributed by atoms with van der Waals surface area (Å²) < 4.78 is 38.0. The fourth-order valence-corrected chi connectivity index (χ4v) is 2.29. The highest BCUT2D eigenvalue weighted by atomic mass is 19.4. The van der Waals surface area contributed by atoms with E-state index in [1.807, 2.05) is 0 Å². The summed E-state index contributed by atoms with van der Waals surface area (Å²) in [6.45, 7) is 3.34. The van der Waals surface area contributed by atoms with Gasteiger partial charge >= 0.3 is 6.18 Å². The van der Waals surface area contributed by atoms with Gasteiger partial charge in [0.05, 0.1) is 5.92 Å². The van der Waals surface area contributed by atoms with Crippen LogP contribution >= 0.6 is 0 Å². The first-order chi connectivity index (χ1) is 6.84. The Labute approximate surface area is 88.0 Å². The van der Waals surface area contributed by atoms with Crippen LogP contribution in [0.1, 0.15) is 39.5 Å². The van der Waals surface area contributed by atoms with Crippen molar-refractivity contribution in [2.24, 2.45) is 17.8 Å². The van der Waals surface area contributed by atoms with Gasteiger partial charge in [-0.1, -0.05) is 26.7 Å². The highest BCUT2D eigenvalue weighted by molar-refractivity contribution is 5.83. The van der Waals surface area contributed by atoms with E-state index in [1.165, 1.54) is 0 Å². The highest BCUT2D eigenvalue weighted by Crippen LogP contribution is 2.42. The van der Waals surface area contributed by atoms with E-state index in [1.54, 1.807) is 13.8 Å². The van der Waals surface area contributed by atoms with Crippen LogP contribution in [0.5, 0.6) is 0 Å². The molecule has 1 aliphatic carbocycles. The van der Waals surface area contributed by atoms with Gasteiger partial charge in [0.1, 0.15) is 5.78 Å². The Hall–Kier alpha value is -0.540. The Morgan fingerprint density at radius 3 is 2.20 bits per heavy atom. The van der Waals surface area contributed by atoms with Gasteiger partial charge in [0, 0.05) is 11.8 Å². The number of alkyl halides is 3. The highest BCUT2D eigenvalue weighted by Gasteiger charge is 2.48. The molecule has 0 radical (unpaired) electrons. The molecule has 1 nitrogen and oxygen atoms in total. The van der Waals surface area contributed by atoms with E-state index in [2.05, 4.69) is 0 Å². The van der Waals surface area contributed by atoms with Crippen molar-refractivity contribution < 1.29 is 18.0 Å². The van der Waals surface area contributed by atoms with Gasteiger partial charge in [-0.25, -0.2) is 0 Å². The Kier molecular flexibility index (Phi) is 3.79. The first-order valence-electron chi connectivity index (χ1n) is 5.44. The summed E-state index contributed by atoms with van der Waals surface area (Å²) in [5.41, 5.74) is 0. The molecule has 0 bridgehead atoms. The number of ketones is 1. The Bertz CT molecular complexity index is 232. The van der Waals surface area contributed by atoms with Gasteiger partial charge in [0.15, 0.2) is 0 Å². The van der Waals surface area contributed by atoms with Gasteiger partial charge in [-0.05, 0) is 12.8 Å². The average Bonchev–Trinajstić information content (AvgIpc) is 2.15. The zero-order valence-corrected chi connectivity index (χ0v) is 9.10. The summed E-state index contributed by atoms with van der Waals surface area (Å²) in [4.78, 5) is 11.7. The van der Waals surface area contributed by atoms with E-state index < -0.39 is 18.0 Å². The molecule has 0 aromatic carbocycles. The lowest BCUT2D eigenvalue weighted by atomic mass is 9.74. The van der Waals surface area contributed by atoms with E-state index in [4.69, 9.17) is 0 Å². The molecule has 0 heterocycles. The minimum atomic E-state index is -4.21. The second-order valence-corrected chi connectivity index (χ2v) is 4.60. The van der Waals surface area contributed by atoms with E-state index in [0.29, 0.717) is 12.8 Å². The smallest absolute Gasteiger partial charge is 0.299 e. The maximum absolute atomic E-state index is 12.7. The average molecular weight is 222 g/mol. The van der Waals surface area contributed by atoms with Crippen LogP contribution in [0, 0.1) is 17.8 Å². The van der Waals surface area contributed by atoms with E-state index >= 15 is 0 Å². The minimum absolute atomic E-state index is 0.118. The van der Waals surface area contributed by atoms with Crippen molar-refractivity contribution in [1.82, 2.24) is 0 Å². The molecule has 88 valence electrons. The van der Waals surface area contributed by atoms with Crippen molar-refractivity contribution in [3.63, 3.8) is 0 Å². The van der Waals surface area contributed by atoms with Gasteiger partial charge in [0.25, 0.3) is 0 Å². The molecule has 0 aliphatic heterocycles. The standard InChI is InChI=1S/C11H17F3O/c1-7(2)10(15)8-5-3-4-6-9(8)11(12,13)14/h7-9H,3-6H2,1-2H3. The third kappa shape index (κ3) is 2.95. The fraction of sp³-hybridized carbons (Fsp3) is 0.909. The van der Waals surface area contributed by atoms with Crippen LogP contribution in [-0.2, 0) is 4.79 Å². The first-order valence-corrected chi connectivity index (χ1v) is 5.44. The lowest BCUT2D eigenvalue weighted by Crippen LogP contribution is -2.38. The molecule has 2 atom stereocenters. The van der Waals surface area contributed by atoms with Crippen molar-refractivity contribution in [1.29, 1.82) is 0 Å². The molecule has 0 aromatic rings. The number of Topliss-reactive ketones (excluding diaryl/α,β-unsaturated/α-hetero) is 1. The van der Waals surface area contributed by atoms with Gasteiger partial charge < -0.3 is 0 Å². The summed E-state index contributed by atoms with van der Waals surface area (Å²) in [5, 5.41) is 0. The molecule has 0 amide bonds. The largest absolute Gasteiger partial charge is 0.392 e. The summed E-state index contributed by atoms with van der Waals surface area (Å²) in [7, 11) is 0. The van der Waals surface area contributed by atoms with Crippen molar-refractivity contribution in [3.8, 4) is 0 Å². The molecule has 15 heavy (non-hydrogen) atoms. The number of hydrogen-bond donors (Lipinski definition) is 0. The molecule has 4 heteroatoms. The molecular weight excluding hydrogens is 205 g/mol. The first kappa shape index (κ1) is 12.5. The van der Waals surface area contributed by atoms with Crippen molar-refractivity contribution in [3.05, 3.63) is 0 Å². The molecule has 1 rings (SSSR count). The number of carbonyl (C=O) groups excluding carboxylic acids is 1. The summed E-state index contributed by atoms with van der Waals surface area (Å²) in [6.07, 6.45) is -2.36. The van der Waals surface area contributed by atoms with Crippen LogP contribution in [0.3, 0.4) is 0 Å². The van der Waals surface area contributed by atoms with Crippen LogP contribution in [0.2, 0.25) is 0 Å². The molecular formula is C11H17F3O. The Morgan fingerprint density at radius 1 is 1.20 bits per heavy atom. The number of carbonyl (C=O) groups is 1. The molecule has 1 fully saturated rings. The third-order valence-corrected chi connectivity index (χ3v) is 3.12. The van der Waals surface area contributed by atoms with Crippen LogP contribution in [0.15, 0.2) is 0 Å². The Morgan fingerprint density at radius 2 is 1.73 bits per heavy atom. The molecule has 0 aromatic heterocycles. The van der Waals surface area contributed by atoms with Gasteiger partial charge in [-0.15, -0.1) is 0 Å². The summed E-state index contributed by atoms with van der Waals surface area (Å²) in [6, 6.07) is 0.